The molecule has 3 heterocycles. The second kappa shape index (κ2) is 5.55. The molecular weight excluding hydrogens is 322 g/mol. The predicted molar refractivity (Wildman–Crippen MR) is 82.8 cm³/mol. The van der Waals surface area contributed by atoms with Crippen molar-refractivity contribution < 1.29 is 0 Å². The molecular formula is C12H18BrN7. The summed E-state index contributed by atoms with van der Waals surface area (Å²) in [7, 11) is 0. The Morgan fingerprint density at radius 1 is 1.50 bits per heavy atom. The molecule has 7 nitrogen and oxygen atoms in total. The molecule has 0 bridgehead atoms. The van der Waals surface area contributed by atoms with Crippen molar-refractivity contribution in [3.8, 4) is 0 Å². The number of nitrogens with zero attached hydrogens (tertiary/aromatic N) is 4. The van der Waals surface area contributed by atoms with E-state index in [4.69, 9.17) is 11.5 Å². The molecule has 0 saturated carbocycles. The minimum atomic E-state index is 0.464. The molecule has 0 amide bonds. The maximum Gasteiger partial charge on any atom is 0.173 e. The summed E-state index contributed by atoms with van der Waals surface area (Å²) in [6.45, 7) is 3.41. The fraction of sp³-hybridized carbons (Fsp3) is 0.500. The maximum absolute atomic E-state index is 6.03. The molecule has 5 N–H and O–H groups in total. The Balaban J connectivity index is 1.82. The van der Waals surface area contributed by atoms with Crippen molar-refractivity contribution in [3.63, 3.8) is 0 Å². The fourth-order valence-corrected chi connectivity index (χ4v) is 2.88. The molecule has 1 fully saturated rings. The van der Waals surface area contributed by atoms with E-state index in [1.54, 1.807) is 10.7 Å². The second-order valence-electron chi connectivity index (χ2n) is 4.94. The van der Waals surface area contributed by atoms with E-state index in [0.29, 0.717) is 18.4 Å². The van der Waals surface area contributed by atoms with Crippen molar-refractivity contribution in [2.24, 2.45) is 5.73 Å². The van der Waals surface area contributed by atoms with Crippen molar-refractivity contribution in [3.05, 3.63) is 16.7 Å². The van der Waals surface area contributed by atoms with Crippen LogP contribution in [-0.4, -0.2) is 46.8 Å². The van der Waals surface area contributed by atoms with Gasteiger partial charge in [0.15, 0.2) is 5.65 Å². The number of hydrogen-bond donors (Lipinski definition) is 3. The summed E-state index contributed by atoms with van der Waals surface area (Å²) in [6.07, 6.45) is 2.80. The average molecular weight is 340 g/mol. The Hall–Kier alpha value is -1.38. The lowest BCUT2D eigenvalue weighted by Gasteiger charge is -2.18. The molecule has 1 aliphatic heterocycles. The molecule has 0 radical (unpaired) electrons. The van der Waals surface area contributed by atoms with Gasteiger partial charge in [0.05, 0.1) is 10.7 Å². The van der Waals surface area contributed by atoms with E-state index in [0.717, 1.165) is 42.0 Å². The highest BCUT2D eigenvalue weighted by Gasteiger charge is 2.23. The molecule has 0 aliphatic carbocycles. The summed E-state index contributed by atoms with van der Waals surface area (Å²) >= 11 is 3.44. The second-order valence-corrected chi connectivity index (χ2v) is 5.80. The number of rotatable bonds is 4. The lowest BCUT2D eigenvalue weighted by Crippen LogP contribution is -2.35. The first-order valence-corrected chi connectivity index (χ1v) is 7.46. The van der Waals surface area contributed by atoms with Gasteiger partial charge < -0.3 is 21.7 Å². The van der Waals surface area contributed by atoms with Crippen LogP contribution in [0.25, 0.3) is 5.65 Å². The lowest BCUT2D eigenvalue weighted by molar-refractivity contribution is 0.559. The minimum absolute atomic E-state index is 0.464. The maximum atomic E-state index is 6.03. The predicted octanol–water partition coefficient (Wildman–Crippen LogP) is 0.201. The van der Waals surface area contributed by atoms with Crippen LogP contribution in [0.1, 0.15) is 6.42 Å². The Morgan fingerprint density at radius 3 is 3.15 bits per heavy atom. The van der Waals surface area contributed by atoms with Crippen LogP contribution in [0.5, 0.6) is 0 Å². The van der Waals surface area contributed by atoms with E-state index in [-0.39, 0.29) is 0 Å². The minimum Gasteiger partial charge on any atom is -0.383 e. The van der Waals surface area contributed by atoms with Gasteiger partial charge >= 0.3 is 0 Å². The van der Waals surface area contributed by atoms with E-state index in [2.05, 4.69) is 36.2 Å². The van der Waals surface area contributed by atoms with Gasteiger partial charge in [0, 0.05) is 38.3 Å². The first-order chi connectivity index (χ1) is 9.69. The van der Waals surface area contributed by atoms with Crippen LogP contribution in [0, 0.1) is 0 Å². The monoisotopic (exact) mass is 339 g/mol. The SMILES string of the molecule is NCCN[C@H]1CCN(c2cc(N)n3ncc(Br)c3n2)C1. The van der Waals surface area contributed by atoms with Crippen LogP contribution in [0.2, 0.25) is 0 Å². The van der Waals surface area contributed by atoms with Crippen molar-refractivity contribution in [1.29, 1.82) is 0 Å². The Bertz CT molecular complexity index is 611. The van der Waals surface area contributed by atoms with Crippen LogP contribution >= 0.6 is 15.9 Å². The zero-order valence-corrected chi connectivity index (χ0v) is 12.7. The summed E-state index contributed by atoms with van der Waals surface area (Å²) in [5.74, 6) is 1.49. The van der Waals surface area contributed by atoms with Gasteiger partial charge in [-0.2, -0.15) is 9.61 Å². The molecule has 0 spiro atoms. The Labute approximate surface area is 125 Å². The van der Waals surface area contributed by atoms with Crippen LogP contribution in [0.4, 0.5) is 11.6 Å². The number of fused-ring (bicyclic) bond motifs is 1. The molecule has 1 atom stereocenters. The third-order valence-electron chi connectivity index (χ3n) is 3.53. The van der Waals surface area contributed by atoms with Gasteiger partial charge in [-0.3, -0.25) is 0 Å². The number of halogens is 1. The topological polar surface area (TPSA) is 97.5 Å². The number of nitrogen functional groups attached to an aromatic ring is 1. The van der Waals surface area contributed by atoms with Gasteiger partial charge in [0.1, 0.15) is 11.6 Å². The zero-order chi connectivity index (χ0) is 14.1. The fourth-order valence-electron chi connectivity index (χ4n) is 2.53. The van der Waals surface area contributed by atoms with Crippen molar-refractivity contribution in [2.75, 3.05) is 36.8 Å². The van der Waals surface area contributed by atoms with Crippen LogP contribution < -0.4 is 21.7 Å². The van der Waals surface area contributed by atoms with Crippen molar-refractivity contribution >= 4 is 33.2 Å². The third kappa shape index (κ3) is 2.46. The van der Waals surface area contributed by atoms with Gasteiger partial charge in [-0.15, -0.1) is 0 Å². The van der Waals surface area contributed by atoms with Gasteiger partial charge in [-0.05, 0) is 22.4 Å². The number of nitrogens with one attached hydrogen (secondary N) is 1. The van der Waals surface area contributed by atoms with Gasteiger partial charge in [0.25, 0.3) is 0 Å². The van der Waals surface area contributed by atoms with Gasteiger partial charge in [-0.1, -0.05) is 0 Å². The molecule has 20 heavy (non-hydrogen) atoms. The zero-order valence-electron chi connectivity index (χ0n) is 11.1. The largest absolute Gasteiger partial charge is 0.383 e. The summed E-state index contributed by atoms with van der Waals surface area (Å²) in [4.78, 5) is 6.88. The molecule has 8 heteroatoms. The molecule has 2 aromatic heterocycles. The summed E-state index contributed by atoms with van der Waals surface area (Å²) in [6, 6.07) is 2.34. The normalized spacial score (nSPS) is 19.1. The van der Waals surface area contributed by atoms with E-state index in [1.807, 2.05) is 6.07 Å². The number of anilines is 2. The van der Waals surface area contributed by atoms with Gasteiger partial charge in [0.2, 0.25) is 0 Å². The standard InChI is InChI=1S/C12H18BrN7/c13-9-6-17-20-10(15)5-11(18-12(9)20)19-4-1-8(7-19)16-3-2-14/h5-6,8,16H,1-4,7,14-15H2/t8-/m0/s1. The van der Waals surface area contributed by atoms with Crippen molar-refractivity contribution in [2.45, 2.75) is 12.5 Å². The van der Waals surface area contributed by atoms with E-state index >= 15 is 0 Å². The van der Waals surface area contributed by atoms with Crippen LogP contribution in [-0.2, 0) is 0 Å². The molecule has 0 unspecified atom stereocenters. The lowest BCUT2D eigenvalue weighted by atomic mass is 10.2. The number of nitrogens with two attached hydrogens (primary N) is 2. The first-order valence-electron chi connectivity index (χ1n) is 6.67. The highest BCUT2D eigenvalue weighted by atomic mass is 79.9. The number of hydrogen-bond acceptors (Lipinski definition) is 6. The number of aromatic nitrogens is 3. The Morgan fingerprint density at radius 2 is 2.35 bits per heavy atom. The third-order valence-corrected chi connectivity index (χ3v) is 4.09. The van der Waals surface area contributed by atoms with Gasteiger partial charge in [-0.25, -0.2) is 4.98 Å². The van der Waals surface area contributed by atoms with Crippen LogP contribution in [0.3, 0.4) is 0 Å². The average Bonchev–Trinajstić information content (AvgIpc) is 3.04. The summed E-state index contributed by atoms with van der Waals surface area (Å²) in [5.41, 5.74) is 12.3. The Kier molecular flexibility index (Phi) is 3.77. The summed E-state index contributed by atoms with van der Waals surface area (Å²) < 4.78 is 2.48. The quantitative estimate of drug-likeness (QED) is 0.736. The van der Waals surface area contributed by atoms with E-state index in [1.165, 1.54) is 0 Å². The highest BCUT2D eigenvalue weighted by Crippen LogP contribution is 2.25. The van der Waals surface area contributed by atoms with E-state index in [9.17, 15) is 0 Å². The molecule has 1 aliphatic rings. The van der Waals surface area contributed by atoms with Crippen LogP contribution in [0.15, 0.2) is 16.7 Å². The summed E-state index contributed by atoms with van der Waals surface area (Å²) in [5, 5.41) is 7.62. The van der Waals surface area contributed by atoms with E-state index < -0.39 is 0 Å². The highest BCUT2D eigenvalue weighted by molar-refractivity contribution is 9.10. The van der Waals surface area contributed by atoms with Crippen molar-refractivity contribution in [1.82, 2.24) is 19.9 Å². The molecule has 1 saturated heterocycles. The molecule has 0 aromatic carbocycles. The molecule has 2 aromatic rings. The molecule has 108 valence electrons. The molecule has 3 rings (SSSR count). The first kappa shape index (κ1) is 13.6. The smallest absolute Gasteiger partial charge is 0.173 e.